The van der Waals surface area contributed by atoms with E-state index >= 15 is 0 Å². The van der Waals surface area contributed by atoms with Crippen molar-refractivity contribution in [1.82, 2.24) is 15.0 Å². The Labute approximate surface area is 162 Å². The number of non-ortho nitro benzene ring substituents is 1. The average molecular weight is 382 g/mol. The van der Waals surface area contributed by atoms with Crippen LogP contribution < -0.4 is 10.0 Å². The Bertz CT molecular complexity index is 902. The topological polar surface area (TPSA) is 80.1 Å². The van der Waals surface area contributed by atoms with Crippen molar-refractivity contribution >= 4 is 28.4 Å². The molecule has 1 heterocycles. The highest BCUT2D eigenvalue weighted by Crippen LogP contribution is 2.21. The summed E-state index contributed by atoms with van der Waals surface area (Å²) < 4.78 is 3.45. The van der Waals surface area contributed by atoms with Crippen LogP contribution in [0.4, 0.5) is 5.69 Å². The molecule has 0 radical (unpaired) electrons. The van der Waals surface area contributed by atoms with Crippen LogP contribution in [-0.4, -0.2) is 29.0 Å². The molecule has 0 saturated heterocycles. The number of hydrogen-bond donors (Lipinski definition) is 2. The SMILES string of the molecule is C[C@H](CNCCc1ccc([N+](=O)[O-])cc1)NSc1ccc2cnccc2c1. The van der Waals surface area contributed by atoms with Gasteiger partial charge in [-0.2, -0.15) is 0 Å². The lowest BCUT2D eigenvalue weighted by Gasteiger charge is -2.14. The van der Waals surface area contributed by atoms with Gasteiger partial charge in [0, 0.05) is 47.4 Å². The van der Waals surface area contributed by atoms with Gasteiger partial charge in [0.2, 0.25) is 0 Å². The van der Waals surface area contributed by atoms with Gasteiger partial charge in [-0.25, -0.2) is 0 Å². The first-order valence-corrected chi connectivity index (χ1v) is 9.63. The molecule has 1 aromatic heterocycles. The van der Waals surface area contributed by atoms with E-state index in [1.807, 2.05) is 30.6 Å². The fourth-order valence-electron chi connectivity index (χ4n) is 2.67. The van der Waals surface area contributed by atoms with E-state index in [2.05, 4.69) is 40.1 Å². The summed E-state index contributed by atoms with van der Waals surface area (Å²) in [6, 6.07) is 15.4. The molecule has 0 bridgehead atoms. The third-order valence-electron chi connectivity index (χ3n) is 4.18. The number of nitrogens with zero attached hydrogens (tertiary/aromatic N) is 2. The van der Waals surface area contributed by atoms with Crippen LogP contribution in [0.25, 0.3) is 10.8 Å². The zero-order valence-corrected chi connectivity index (χ0v) is 15.9. The Hall–Kier alpha value is -2.48. The average Bonchev–Trinajstić information content (AvgIpc) is 2.70. The van der Waals surface area contributed by atoms with Crippen molar-refractivity contribution in [3.8, 4) is 0 Å². The molecular weight excluding hydrogens is 360 g/mol. The minimum Gasteiger partial charge on any atom is -0.315 e. The highest BCUT2D eigenvalue weighted by Gasteiger charge is 2.05. The van der Waals surface area contributed by atoms with Crippen molar-refractivity contribution in [3.05, 3.63) is 76.6 Å². The van der Waals surface area contributed by atoms with Crippen LogP contribution in [0.2, 0.25) is 0 Å². The summed E-state index contributed by atoms with van der Waals surface area (Å²) in [7, 11) is 0. The fourth-order valence-corrected chi connectivity index (χ4v) is 3.41. The molecule has 0 amide bonds. The molecule has 27 heavy (non-hydrogen) atoms. The van der Waals surface area contributed by atoms with E-state index in [9.17, 15) is 10.1 Å². The maximum atomic E-state index is 10.7. The van der Waals surface area contributed by atoms with Crippen molar-refractivity contribution in [1.29, 1.82) is 0 Å². The Morgan fingerprint density at radius 3 is 2.74 bits per heavy atom. The minimum atomic E-state index is -0.376. The van der Waals surface area contributed by atoms with E-state index in [0.29, 0.717) is 6.04 Å². The molecular formula is C20H22N4O2S. The largest absolute Gasteiger partial charge is 0.315 e. The van der Waals surface area contributed by atoms with Gasteiger partial charge in [0.1, 0.15) is 0 Å². The quantitative estimate of drug-likeness (QED) is 0.252. The van der Waals surface area contributed by atoms with Gasteiger partial charge in [-0.3, -0.25) is 19.8 Å². The molecule has 0 spiro atoms. The van der Waals surface area contributed by atoms with E-state index < -0.39 is 0 Å². The van der Waals surface area contributed by atoms with Gasteiger partial charge in [-0.05, 0) is 61.0 Å². The predicted molar refractivity (Wildman–Crippen MR) is 110 cm³/mol. The van der Waals surface area contributed by atoms with Crippen LogP contribution in [-0.2, 0) is 6.42 Å². The minimum absolute atomic E-state index is 0.131. The molecule has 0 saturated carbocycles. The van der Waals surface area contributed by atoms with Gasteiger partial charge >= 0.3 is 0 Å². The van der Waals surface area contributed by atoms with Crippen molar-refractivity contribution in [2.45, 2.75) is 24.3 Å². The molecule has 0 aliphatic rings. The Morgan fingerprint density at radius 1 is 1.15 bits per heavy atom. The number of rotatable bonds is 9. The molecule has 3 aromatic rings. The predicted octanol–water partition coefficient (Wildman–Crippen LogP) is 3.96. The molecule has 0 unspecified atom stereocenters. The van der Waals surface area contributed by atoms with Crippen LogP contribution in [0.5, 0.6) is 0 Å². The van der Waals surface area contributed by atoms with E-state index in [1.165, 1.54) is 10.3 Å². The van der Waals surface area contributed by atoms with Crippen LogP contribution in [0.15, 0.2) is 65.8 Å². The zero-order valence-electron chi connectivity index (χ0n) is 15.1. The van der Waals surface area contributed by atoms with E-state index in [1.54, 1.807) is 24.1 Å². The molecule has 2 aromatic carbocycles. The van der Waals surface area contributed by atoms with E-state index in [4.69, 9.17) is 0 Å². The van der Waals surface area contributed by atoms with Gasteiger partial charge in [-0.1, -0.05) is 18.2 Å². The lowest BCUT2D eigenvalue weighted by molar-refractivity contribution is -0.384. The summed E-state index contributed by atoms with van der Waals surface area (Å²) in [5.74, 6) is 0. The second-order valence-electron chi connectivity index (χ2n) is 6.38. The van der Waals surface area contributed by atoms with E-state index in [-0.39, 0.29) is 10.6 Å². The number of fused-ring (bicyclic) bond motifs is 1. The summed E-state index contributed by atoms with van der Waals surface area (Å²) in [5.41, 5.74) is 1.22. The van der Waals surface area contributed by atoms with E-state index in [0.717, 1.165) is 30.5 Å². The normalized spacial score (nSPS) is 12.2. The first-order valence-electron chi connectivity index (χ1n) is 8.82. The van der Waals surface area contributed by atoms with Crippen LogP contribution in [0, 0.1) is 10.1 Å². The summed E-state index contributed by atoms with van der Waals surface area (Å²) in [4.78, 5) is 15.6. The highest BCUT2D eigenvalue weighted by atomic mass is 32.2. The number of pyridine rings is 1. The van der Waals surface area contributed by atoms with Crippen molar-refractivity contribution in [3.63, 3.8) is 0 Å². The van der Waals surface area contributed by atoms with Crippen LogP contribution >= 0.6 is 11.9 Å². The van der Waals surface area contributed by atoms with Gasteiger partial charge < -0.3 is 5.32 Å². The number of benzene rings is 2. The van der Waals surface area contributed by atoms with Crippen LogP contribution in [0.1, 0.15) is 12.5 Å². The standard InChI is InChI=1S/C20H22N4O2S/c1-15(13-21-10-8-16-2-5-19(6-3-16)24(25)26)23-27-20-7-4-18-14-22-11-9-17(18)12-20/h2-7,9,11-12,14-15,21,23H,8,10,13H2,1H3/t15-/m1/s1. The molecule has 7 heteroatoms. The number of nitro groups is 1. The lowest BCUT2D eigenvalue weighted by atomic mass is 10.1. The van der Waals surface area contributed by atoms with Gasteiger partial charge in [0.15, 0.2) is 0 Å². The molecule has 140 valence electrons. The van der Waals surface area contributed by atoms with Gasteiger partial charge in [0.05, 0.1) is 4.92 Å². The second-order valence-corrected chi connectivity index (χ2v) is 7.29. The monoisotopic (exact) mass is 382 g/mol. The number of aromatic nitrogens is 1. The summed E-state index contributed by atoms with van der Waals surface area (Å²) in [6.07, 6.45) is 4.52. The Kier molecular flexibility index (Phi) is 6.75. The molecule has 0 aliphatic carbocycles. The molecule has 6 nitrogen and oxygen atoms in total. The third kappa shape index (κ3) is 5.75. The number of nitro benzene ring substituents is 1. The lowest BCUT2D eigenvalue weighted by Crippen LogP contribution is -2.33. The summed E-state index contributed by atoms with van der Waals surface area (Å²) in [5, 5.41) is 16.4. The highest BCUT2D eigenvalue weighted by molar-refractivity contribution is 7.97. The van der Waals surface area contributed by atoms with Crippen molar-refractivity contribution in [2.75, 3.05) is 13.1 Å². The smallest absolute Gasteiger partial charge is 0.269 e. The molecule has 3 rings (SSSR count). The first-order chi connectivity index (χ1) is 13.1. The van der Waals surface area contributed by atoms with Gasteiger partial charge in [-0.15, -0.1) is 0 Å². The Balaban J connectivity index is 1.37. The van der Waals surface area contributed by atoms with Crippen LogP contribution in [0.3, 0.4) is 0 Å². The fraction of sp³-hybridized carbons (Fsp3) is 0.250. The van der Waals surface area contributed by atoms with Crippen molar-refractivity contribution in [2.24, 2.45) is 0 Å². The Morgan fingerprint density at radius 2 is 1.96 bits per heavy atom. The summed E-state index contributed by atoms with van der Waals surface area (Å²) >= 11 is 1.63. The molecule has 2 N–H and O–H groups in total. The number of hydrogen-bond acceptors (Lipinski definition) is 6. The maximum Gasteiger partial charge on any atom is 0.269 e. The van der Waals surface area contributed by atoms with Crippen molar-refractivity contribution < 1.29 is 4.92 Å². The number of nitrogens with one attached hydrogen (secondary N) is 2. The molecule has 1 atom stereocenters. The second kappa shape index (κ2) is 9.45. The third-order valence-corrected chi connectivity index (χ3v) is 5.19. The molecule has 0 fully saturated rings. The zero-order chi connectivity index (χ0) is 19.1. The summed E-state index contributed by atoms with van der Waals surface area (Å²) in [6.45, 7) is 3.81. The first kappa shape index (κ1) is 19.3. The molecule has 0 aliphatic heterocycles. The maximum absolute atomic E-state index is 10.7. The van der Waals surface area contributed by atoms with Gasteiger partial charge in [0.25, 0.3) is 5.69 Å².